The number of aromatic nitrogens is 4. The van der Waals surface area contributed by atoms with Crippen LogP contribution in [0.15, 0.2) is 18.5 Å². The van der Waals surface area contributed by atoms with E-state index in [2.05, 4.69) is 25.3 Å². The summed E-state index contributed by atoms with van der Waals surface area (Å²) in [5.74, 6) is 1.07. The summed E-state index contributed by atoms with van der Waals surface area (Å²) in [5.41, 5.74) is 1.90. The van der Waals surface area contributed by atoms with Crippen LogP contribution < -0.4 is 10.1 Å². The third-order valence-corrected chi connectivity index (χ3v) is 2.42. The first kappa shape index (κ1) is 14.2. The molecule has 0 saturated carbocycles. The molecule has 0 spiro atoms. The van der Waals surface area contributed by atoms with Crippen LogP contribution in [0.1, 0.15) is 26.3 Å². The normalized spacial score (nSPS) is 10.7. The van der Waals surface area contributed by atoms with Crippen molar-refractivity contribution in [3.8, 4) is 17.4 Å². The van der Waals surface area contributed by atoms with Crippen LogP contribution in [-0.4, -0.2) is 32.6 Å². The molecule has 0 amide bonds. The lowest BCUT2D eigenvalue weighted by atomic mass is 10.2. The highest BCUT2D eigenvalue weighted by Crippen LogP contribution is 2.19. The van der Waals surface area contributed by atoms with Crippen LogP contribution in [0.25, 0.3) is 11.4 Å². The highest BCUT2D eigenvalue weighted by molar-refractivity contribution is 5.56. The molecule has 2 heterocycles. The Hall–Kier alpha value is -2.24. The second-order valence-corrected chi connectivity index (χ2v) is 4.71. The summed E-state index contributed by atoms with van der Waals surface area (Å²) >= 11 is 0. The van der Waals surface area contributed by atoms with E-state index < -0.39 is 0 Å². The molecule has 2 aromatic rings. The number of hydrogen-bond donors (Lipinski definition) is 1. The van der Waals surface area contributed by atoms with Gasteiger partial charge in [0.25, 0.3) is 0 Å². The Morgan fingerprint density at radius 2 is 2.00 bits per heavy atom. The Labute approximate surface area is 118 Å². The average molecular weight is 273 g/mol. The number of nitrogens with one attached hydrogen (secondary N) is 1. The van der Waals surface area contributed by atoms with Crippen molar-refractivity contribution >= 4 is 5.95 Å². The zero-order valence-electron chi connectivity index (χ0n) is 12.2. The zero-order chi connectivity index (χ0) is 14.5. The molecule has 0 bridgehead atoms. The van der Waals surface area contributed by atoms with Gasteiger partial charge in [-0.25, -0.2) is 0 Å². The molecule has 20 heavy (non-hydrogen) atoms. The molecule has 106 valence electrons. The Kier molecular flexibility index (Phi) is 4.45. The summed E-state index contributed by atoms with van der Waals surface area (Å²) in [6, 6.07) is 2.31. The summed E-state index contributed by atoms with van der Waals surface area (Å²) < 4.78 is 5.57. The highest BCUT2D eigenvalue weighted by Gasteiger charge is 2.10. The number of anilines is 1. The summed E-state index contributed by atoms with van der Waals surface area (Å²) in [4.78, 5) is 17.1. The molecule has 1 N–H and O–H groups in total. The maximum Gasteiger partial charge on any atom is 0.322 e. The summed E-state index contributed by atoms with van der Waals surface area (Å²) in [7, 11) is 0. The first-order valence-corrected chi connectivity index (χ1v) is 6.67. The molecule has 0 radical (unpaired) electrons. The van der Waals surface area contributed by atoms with E-state index in [0.29, 0.717) is 17.8 Å². The fourth-order valence-corrected chi connectivity index (χ4v) is 1.66. The minimum atomic E-state index is 0.00959. The van der Waals surface area contributed by atoms with Gasteiger partial charge < -0.3 is 10.1 Å². The number of ether oxygens (including phenoxy) is 1. The average Bonchev–Trinajstić information content (AvgIpc) is 2.38. The van der Waals surface area contributed by atoms with E-state index in [1.54, 1.807) is 12.4 Å². The fourth-order valence-electron chi connectivity index (χ4n) is 1.66. The van der Waals surface area contributed by atoms with Crippen molar-refractivity contribution in [2.45, 2.75) is 33.8 Å². The summed E-state index contributed by atoms with van der Waals surface area (Å²) in [5, 5.41) is 3.08. The summed E-state index contributed by atoms with van der Waals surface area (Å²) in [6.07, 6.45) is 3.54. The SMILES string of the molecule is CCNc1nc(OC(C)C)nc(-c2cncc(C)c2)n1. The van der Waals surface area contributed by atoms with Gasteiger partial charge in [0.15, 0.2) is 5.82 Å². The second kappa shape index (κ2) is 6.27. The standard InChI is InChI=1S/C14H19N5O/c1-5-16-13-17-12(11-6-10(4)7-15-8-11)18-14(19-13)20-9(2)3/h6-9H,5H2,1-4H3,(H,16,17,18,19). The quantitative estimate of drug-likeness (QED) is 0.902. The van der Waals surface area contributed by atoms with E-state index in [1.807, 2.05) is 33.8 Å². The molecule has 6 heteroatoms. The zero-order valence-corrected chi connectivity index (χ0v) is 12.2. The Balaban J connectivity index is 2.43. The van der Waals surface area contributed by atoms with Gasteiger partial charge in [0, 0.05) is 24.5 Å². The van der Waals surface area contributed by atoms with Gasteiger partial charge in [0.2, 0.25) is 5.95 Å². The minimum Gasteiger partial charge on any atom is -0.461 e. The van der Waals surface area contributed by atoms with E-state index >= 15 is 0 Å². The minimum absolute atomic E-state index is 0.00959. The lowest BCUT2D eigenvalue weighted by Crippen LogP contribution is -2.12. The molecular weight excluding hydrogens is 254 g/mol. The molecule has 0 saturated heterocycles. The molecular formula is C14H19N5O. The first-order valence-electron chi connectivity index (χ1n) is 6.67. The van der Waals surface area contributed by atoms with Gasteiger partial charge in [-0.1, -0.05) is 0 Å². The smallest absolute Gasteiger partial charge is 0.322 e. The molecule has 0 atom stereocenters. The predicted octanol–water partition coefficient (Wildman–Crippen LogP) is 2.46. The van der Waals surface area contributed by atoms with Crippen LogP contribution in [0.2, 0.25) is 0 Å². The maximum absolute atomic E-state index is 5.57. The van der Waals surface area contributed by atoms with Gasteiger partial charge in [0.05, 0.1) is 6.10 Å². The van der Waals surface area contributed by atoms with Crippen LogP contribution in [0, 0.1) is 6.92 Å². The van der Waals surface area contributed by atoms with Crippen LogP contribution in [-0.2, 0) is 0 Å². The van der Waals surface area contributed by atoms with E-state index in [1.165, 1.54) is 0 Å². The van der Waals surface area contributed by atoms with Crippen molar-refractivity contribution < 1.29 is 4.74 Å². The van der Waals surface area contributed by atoms with E-state index in [0.717, 1.165) is 17.7 Å². The van der Waals surface area contributed by atoms with Crippen LogP contribution in [0.5, 0.6) is 6.01 Å². The first-order chi connectivity index (χ1) is 9.58. The van der Waals surface area contributed by atoms with Crippen molar-refractivity contribution in [2.75, 3.05) is 11.9 Å². The predicted molar refractivity (Wildman–Crippen MR) is 77.7 cm³/mol. The van der Waals surface area contributed by atoms with Gasteiger partial charge in [-0.15, -0.1) is 0 Å². The number of rotatable bonds is 5. The lowest BCUT2D eigenvalue weighted by molar-refractivity contribution is 0.222. The Morgan fingerprint density at radius 1 is 1.20 bits per heavy atom. The molecule has 0 aliphatic heterocycles. The molecule has 2 aromatic heterocycles. The number of aryl methyl sites for hydroxylation is 1. The third kappa shape index (κ3) is 3.63. The Bertz CT molecular complexity index is 586. The topological polar surface area (TPSA) is 72.8 Å². The second-order valence-electron chi connectivity index (χ2n) is 4.71. The third-order valence-electron chi connectivity index (χ3n) is 2.42. The van der Waals surface area contributed by atoms with Crippen LogP contribution in [0.3, 0.4) is 0 Å². The monoisotopic (exact) mass is 273 g/mol. The summed E-state index contributed by atoms with van der Waals surface area (Å²) in [6.45, 7) is 8.57. The van der Waals surface area contributed by atoms with Crippen molar-refractivity contribution in [1.82, 2.24) is 19.9 Å². The molecule has 0 aromatic carbocycles. The fraction of sp³-hybridized carbons (Fsp3) is 0.429. The number of hydrogen-bond acceptors (Lipinski definition) is 6. The van der Waals surface area contributed by atoms with Crippen LogP contribution in [0.4, 0.5) is 5.95 Å². The van der Waals surface area contributed by atoms with Gasteiger partial charge >= 0.3 is 6.01 Å². The van der Waals surface area contributed by atoms with Crippen molar-refractivity contribution in [3.63, 3.8) is 0 Å². The molecule has 0 unspecified atom stereocenters. The van der Waals surface area contributed by atoms with Crippen molar-refractivity contribution in [3.05, 3.63) is 24.0 Å². The number of pyridine rings is 1. The maximum atomic E-state index is 5.57. The largest absolute Gasteiger partial charge is 0.461 e. The molecule has 2 rings (SSSR count). The van der Waals surface area contributed by atoms with Gasteiger partial charge in [0.1, 0.15) is 0 Å². The van der Waals surface area contributed by atoms with E-state index in [9.17, 15) is 0 Å². The van der Waals surface area contributed by atoms with Gasteiger partial charge in [-0.05, 0) is 39.3 Å². The van der Waals surface area contributed by atoms with Crippen LogP contribution >= 0.6 is 0 Å². The number of nitrogens with zero attached hydrogens (tertiary/aromatic N) is 4. The van der Waals surface area contributed by atoms with E-state index in [-0.39, 0.29) is 6.10 Å². The lowest BCUT2D eigenvalue weighted by Gasteiger charge is -2.11. The molecule has 0 fully saturated rings. The molecule has 6 nitrogen and oxygen atoms in total. The van der Waals surface area contributed by atoms with Gasteiger partial charge in [-0.2, -0.15) is 15.0 Å². The molecule has 0 aliphatic rings. The molecule has 0 aliphatic carbocycles. The van der Waals surface area contributed by atoms with Gasteiger partial charge in [-0.3, -0.25) is 4.98 Å². The Morgan fingerprint density at radius 3 is 2.65 bits per heavy atom. The van der Waals surface area contributed by atoms with Crippen molar-refractivity contribution in [1.29, 1.82) is 0 Å². The van der Waals surface area contributed by atoms with Crippen molar-refractivity contribution in [2.24, 2.45) is 0 Å². The van der Waals surface area contributed by atoms with E-state index in [4.69, 9.17) is 4.74 Å². The highest BCUT2D eigenvalue weighted by atomic mass is 16.5.